The topological polar surface area (TPSA) is 79.0 Å². The van der Waals surface area contributed by atoms with Gasteiger partial charge in [-0.05, 0) is 39.8 Å². The van der Waals surface area contributed by atoms with Crippen LogP contribution in [0.2, 0.25) is 0 Å². The number of aromatic amines is 1. The van der Waals surface area contributed by atoms with Gasteiger partial charge in [-0.3, -0.25) is 9.89 Å². The summed E-state index contributed by atoms with van der Waals surface area (Å²) in [7, 11) is 0. The highest BCUT2D eigenvalue weighted by atomic mass is 16.5. The molecule has 1 aliphatic heterocycles. The zero-order valence-corrected chi connectivity index (χ0v) is 11.6. The number of ether oxygens (including phenoxy) is 1. The fourth-order valence-corrected chi connectivity index (χ4v) is 2.08. The lowest BCUT2D eigenvalue weighted by molar-refractivity contribution is -0.117. The molecule has 0 spiro atoms. The Kier molecular flexibility index (Phi) is 4.93. The summed E-state index contributed by atoms with van der Waals surface area (Å²) in [4.78, 5) is 11.8. The van der Waals surface area contributed by atoms with Gasteiger partial charge < -0.3 is 15.4 Å². The van der Waals surface area contributed by atoms with Gasteiger partial charge in [0.25, 0.3) is 0 Å². The molecule has 106 valence electrons. The normalized spacial score (nSPS) is 16.5. The lowest BCUT2D eigenvalue weighted by Crippen LogP contribution is -2.33. The molecule has 1 fully saturated rings. The number of hydrogen-bond acceptors (Lipinski definition) is 4. The Morgan fingerprint density at radius 1 is 1.42 bits per heavy atom. The van der Waals surface area contributed by atoms with Crippen LogP contribution in [0.1, 0.15) is 30.5 Å². The third-order valence-electron chi connectivity index (χ3n) is 3.48. The van der Waals surface area contributed by atoms with Crippen molar-refractivity contribution in [1.82, 2.24) is 15.5 Å². The number of carbonyl (C=O) groups excluding carboxylic acids is 1. The molecule has 0 radical (unpaired) electrons. The van der Waals surface area contributed by atoms with E-state index in [1.54, 1.807) is 0 Å². The highest BCUT2D eigenvalue weighted by Gasteiger charge is 2.14. The highest BCUT2D eigenvalue weighted by Crippen LogP contribution is 2.14. The third-order valence-corrected chi connectivity index (χ3v) is 3.48. The van der Waals surface area contributed by atoms with E-state index in [0.29, 0.717) is 24.9 Å². The zero-order valence-electron chi connectivity index (χ0n) is 11.6. The van der Waals surface area contributed by atoms with Gasteiger partial charge in [-0.1, -0.05) is 0 Å². The van der Waals surface area contributed by atoms with Crippen LogP contribution in [0.3, 0.4) is 0 Å². The molecule has 6 nitrogen and oxygen atoms in total. The van der Waals surface area contributed by atoms with Crippen molar-refractivity contribution in [2.45, 2.75) is 39.2 Å². The molecule has 0 bridgehead atoms. The van der Waals surface area contributed by atoms with Crippen LogP contribution in [0.15, 0.2) is 0 Å². The summed E-state index contributed by atoms with van der Waals surface area (Å²) < 4.78 is 5.70. The zero-order chi connectivity index (χ0) is 13.7. The number of nitrogens with one attached hydrogen (secondary N) is 3. The maximum Gasteiger partial charge on any atom is 0.227 e. The summed E-state index contributed by atoms with van der Waals surface area (Å²) in [6.45, 7) is 6.34. The predicted octanol–water partition coefficient (Wildman–Crippen LogP) is 1.12. The third kappa shape index (κ3) is 4.04. The van der Waals surface area contributed by atoms with Gasteiger partial charge in [-0.15, -0.1) is 0 Å². The number of nitrogens with zero attached hydrogens (tertiary/aromatic N) is 1. The number of piperidine rings is 1. The molecule has 3 N–H and O–H groups in total. The van der Waals surface area contributed by atoms with Crippen LogP contribution in [0.25, 0.3) is 0 Å². The number of carbonyl (C=O) groups is 1. The fraction of sp³-hybridized carbons (Fsp3) is 0.692. The first-order valence-electron chi connectivity index (χ1n) is 6.80. The van der Waals surface area contributed by atoms with Crippen LogP contribution in [0, 0.1) is 13.8 Å². The summed E-state index contributed by atoms with van der Waals surface area (Å²) in [5, 5.41) is 13.0. The van der Waals surface area contributed by atoms with E-state index in [9.17, 15) is 4.79 Å². The molecular formula is C13H22N4O2. The van der Waals surface area contributed by atoms with Crippen LogP contribution in [-0.2, 0) is 9.53 Å². The van der Waals surface area contributed by atoms with E-state index in [-0.39, 0.29) is 5.91 Å². The average Bonchev–Trinajstić information content (AvgIpc) is 2.72. The SMILES string of the molecule is Cc1[nH]nc(NC(=O)CCOC2CCNCC2)c1C. The van der Waals surface area contributed by atoms with E-state index < -0.39 is 0 Å². The maximum absolute atomic E-state index is 11.8. The first kappa shape index (κ1) is 14.0. The number of rotatable bonds is 5. The summed E-state index contributed by atoms with van der Waals surface area (Å²) in [6.07, 6.45) is 2.72. The largest absolute Gasteiger partial charge is 0.378 e. The molecule has 0 unspecified atom stereocenters. The highest BCUT2D eigenvalue weighted by molar-refractivity contribution is 5.90. The molecule has 2 rings (SSSR count). The van der Waals surface area contributed by atoms with Crippen molar-refractivity contribution in [3.05, 3.63) is 11.3 Å². The van der Waals surface area contributed by atoms with E-state index in [4.69, 9.17) is 4.74 Å². The molecule has 1 aromatic rings. The summed E-state index contributed by atoms with van der Waals surface area (Å²) in [5.41, 5.74) is 1.95. The molecular weight excluding hydrogens is 244 g/mol. The van der Waals surface area contributed by atoms with Gasteiger partial charge >= 0.3 is 0 Å². The molecule has 0 saturated carbocycles. The quantitative estimate of drug-likeness (QED) is 0.746. The van der Waals surface area contributed by atoms with Crippen molar-refractivity contribution in [3.8, 4) is 0 Å². The van der Waals surface area contributed by atoms with Crippen molar-refractivity contribution in [2.75, 3.05) is 25.0 Å². The number of amides is 1. The molecule has 1 aromatic heterocycles. The number of hydrogen-bond donors (Lipinski definition) is 3. The Hall–Kier alpha value is -1.40. The van der Waals surface area contributed by atoms with Crippen molar-refractivity contribution in [3.63, 3.8) is 0 Å². The van der Waals surface area contributed by atoms with Gasteiger partial charge in [0, 0.05) is 11.3 Å². The second-order valence-corrected chi connectivity index (χ2v) is 4.94. The Bertz CT molecular complexity index is 424. The van der Waals surface area contributed by atoms with Gasteiger partial charge in [0.05, 0.1) is 19.1 Å². The molecule has 19 heavy (non-hydrogen) atoms. The van der Waals surface area contributed by atoms with Crippen LogP contribution in [0.4, 0.5) is 5.82 Å². The molecule has 1 amide bonds. The minimum absolute atomic E-state index is 0.0523. The van der Waals surface area contributed by atoms with Crippen LogP contribution >= 0.6 is 0 Å². The van der Waals surface area contributed by atoms with Crippen molar-refractivity contribution in [1.29, 1.82) is 0 Å². The van der Waals surface area contributed by atoms with Gasteiger partial charge in [0.15, 0.2) is 5.82 Å². The van der Waals surface area contributed by atoms with Gasteiger partial charge in [0.1, 0.15) is 0 Å². The number of aromatic nitrogens is 2. The predicted molar refractivity (Wildman–Crippen MR) is 73.2 cm³/mol. The van der Waals surface area contributed by atoms with Crippen LogP contribution in [0.5, 0.6) is 0 Å². The van der Waals surface area contributed by atoms with Gasteiger partial charge in [-0.25, -0.2) is 0 Å². The molecule has 0 aromatic carbocycles. The summed E-state index contributed by atoms with van der Waals surface area (Å²) in [5.74, 6) is 0.563. The molecule has 1 saturated heterocycles. The van der Waals surface area contributed by atoms with Crippen molar-refractivity contribution < 1.29 is 9.53 Å². The molecule has 2 heterocycles. The Balaban J connectivity index is 1.68. The second-order valence-electron chi connectivity index (χ2n) is 4.94. The second kappa shape index (κ2) is 6.68. The van der Waals surface area contributed by atoms with Crippen LogP contribution in [-0.4, -0.2) is 41.9 Å². The smallest absolute Gasteiger partial charge is 0.227 e. The number of aryl methyl sites for hydroxylation is 1. The molecule has 1 aliphatic rings. The van der Waals surface area contributed by atoms with Crippen molar-refractivity contribution in [2.24, 2.45) is 0 Å². The van der Waals surface area contributed by atoms with E-state index >= 15 is 0 Å². The molecule has 0 atom stereocenters. The summed E-state index contributed by atoms with van der Waals surface area (Å²) in [6, 6.07) is 0. The fourth-order valence-electron chi connectivity index (χ4n) is 2.08. The Morgan fingerprint density at radius 2 is 2.16 bits per heavy atom. The average molecular weight is 266 g/mol. The number of anilines is 1. The minimum atomic E-state index is -0.0523. The van der Waals surface area contributed by atoms with Gasteiger partial charge in [-0.2, -0.15) is 5.10 Å². The van der Waals surface area contributed by atoms with Gasteiger partial charge in [0.2, 0.25) is 5.91 Å². The Labute approximate surface area is 113 Å². The first-order valence-corrected chi connectivity index (χ1v) is 6.80. The number of H-pyrrole nitrogens is 1. The lowest BCUT2D eigenvalue weighted by Gasteiger charge is -2.22. The van der Waals surface area contributed by atoms with E-state index in [0.717, 1.165) is 37.2 Å². The monoisotopic (exact) mass is 266 g/mol. The lowest BCUT2D eigenvalue weighted by atomic mass is 10.1. The first-order chi connectivity index (χ1) is 9.16. The van der Waals surface area contributed by atoms with E-state index in [1.165, 1.54) is 0 Å². The standard InChI is InChI=1S/C13H22N4O2/c1-9-10(2)16-17-13(9)15-12(18)5-8-19-11-3-6-14-7-4-11/h11,14H,3-8H2,1-2H3,(H2,15,16,17,18). The van der Waals surface area contributed by atoms with E-state index in [2.05, 4.69) is 20.8 Å². The van der Waals surface area contributed by atoms with Crippen molar-refractivity contribution >= 4 is 11.7 Å². The maximum atomic E-state index is 11.8. The molecule has 0 aliphatic carbocycles. The minimum Gasteiger partial charge on any atom is -0.378 e. The van der Waals surface area contributed by atoms with Crippen LogP contribution < -0.4 is 10.6 Å². The van der Waals surface area contributed by atoms with E-state index in [1.807, 2.05) is 13.8 Å². The summed E-state index contributed by atoms with van der Waals surface area (Å²) >= 11 is 0. The Morgan fingerprint density at radius 3 is 2.79 bits per heavy atom. The molecule has 6 heteroatoms.